The van der Waals surface area contributed by atoms with Crippen LogP contribution >= 0.6 is 22.9 Å². The quantitative estimate of drug-likeness (QED) is 0.656. The van der Waals surface area contributed by atoms with Gasteiger partial charge in [-0.25, -0.2) is 13.8 Å². The molecule has 3 rings (SSSR count). The van der Waals surface area contributed by atoms with Crippen molar-refractivity contribution < 1.29 is 13.6 Å². The van der Waals surface area contributed by atoms with Crippen molar-refractivity contribution in [2.75, 3.05) is 10.6 Å². The fourth-order valence-electron chi connectivity index (χ4n) is 2.08. The van der Waals surface area contributed by atoms with Crippen molar-refractivity contribution in [1.29, 1.82) is 0 Å². The third-order valence-corrected chi connectivity index (χ3v) is 4.21. The molecule has 0 fully saturated rings. The molecule has 2 N–H and O–H groups in total. The van der Waals surface area contributed by atoms with Crippen LogP contribution in [0.4, 0.5) is 25.3 Å². The van der Waals surface area contributed by atoms with Crippen LogP contribution in [-0.4, -0.2) is 10.9 Å². The van der Waals surface area contributed by atoms with Crippen LogP contribution in [0.1, 0.15) is 5.69 Å². The number of anilines is 3. The first kappa shape index (κ1) is 17.3. The lowest BCUT2D eigenvalue weighted by Crippen LogP contribution is -2.14. The second-order valence-electron chi connectivity index (χ2n) is 5.13. The number of amides is 1. The van der Waals surface area contributed by atoms with E-state index in [-0.39, 0.29) is 18.0 Å². The monoisotopic (exact) mass is 379 g/mol. The summed E-state index contributed by atoms with van der Waals surface area (Å²) in [5, 5.41) is 8.58. The van der Waals surface area contributed by atoms with Gasteiger partial charge in [0.2, 0.25) is 5.91 Å². The molecule has 25 heavy (non-hydrogen) atoms. The van der Waals surface area contributed by atoms with Gasteiger partial charge < -0.3 is 10.6 Å². The summed E-state index contributed by atoms with van der Waals surface area (Å²) in [4.78, 5) is 16.3. The highest BCUT2D eigenvalue weighted by Gasteiger charge is 2.10. The first-order valence-electron chi connectivity index (χ1n) is 7.21. The van der Waals surface area contributed by atoms with Crippen LogP contribution in [0.2, 0.25) is 5.02 Å². The zero-order chi connectivity index (χ0) is 17.8. The number of nitrogens with one attached hydrogen (secondary N) is 2. The highest BCUT2D eigenvalue weighted by molar-refractivity contribution is 7.13. The number of hydrogen-bond donors (Lipinski definition) is 2. The van der Waals surface area contributed by atoms with Crippen molar-refractivity contribution in [2.24, 2.45) is 0 Å². The molecule has 0 radical (unpaired) electrons. The number of carbonyl (C=O) groups is 1. The molecule has 1 heterocycles. The van der Waals surface area contributed by atoms with Gasteiger partial charge in [-0.1, -0.05) is 17.7 Å². The molecule has 0 bridgehead atoms. The summed E-state index contributed by atoms with van der Waals surface area (Å²) in [6, 6.07) is 10.4. The molecule has 0 atom stereocenters. The third kappa shape index (κ3) is 4.74. The van der Waals surface area contributed by atoms with E-state index in [1.54, 1.807) is 17.5 Å². The van der Waals surface area contributed by atoms with Crippen molar-refractivity contribution in [3.8, 4) is 0 Å². The maximum Gasteiger partial charge on any atom is 0.230 e. The summed E-state index contributed by atoms with van der Waals surface area (Å²) in [5.41, 5.74) is 1.55. The van der Waals surface area contributed by atoms with Gasteiger partial charge in [-0.2, -0.15) is 0 Å². The van der Waals surface area contributed by atoms with Crippen LogP contribution in [0.15, 0.2) is 47.8 Å². The molecule has 0 spiro atoms. The van der Waals surface area contributed by atoms with Crippen LogP contribution in [0.25, 0.3) is 0 Å². The van der Waals surface area contributed by atoms with Crippen LogP contribution in [0.3, 0.4) is 0 Å². The normalized spacial score (nSPS) is 10.5. The summed E-state index contributed by atoms with van der Waals surface area (Å²) in [7, 11) is 0. The fraction of sp³-hybridized carbons (Fsp3) is 0.0588. The van der Waals surface area contributed by atoms with E-state index in [0.717, 1.165) is 17.8 Å². The Balaban J connectivity index is 1.60. The number of nitrogens with zero attached hydrogens (tertiary/aromatic N) is 1. The Morgan fingerprint density at radius 1 is 1.12 bits per heavy atom. The Hall–Kier alpha value is -2.51. The number of aromatic nitrogens is 1. The van der Waals surface area contributed by atoms with E-state index in [1.165, 1.54) is 17.4 Å². The topological polar surface area (TPSA) is 54.0 Å². The number of halogens is 3. The van der Waals surface area contributed by atoms with E-state index in [4.69, 9.17) is 11.6 Å². The number of hydrogen-bond acceptors (Lipinski definition) is 4. The Morgan fingerprint density at radius 2 is 1.96 bits per heavy atom. The molecular weight excluding hydrogens is 368 g/mol. The van der Waals surface area contributed by atoms with E-state index < -0.39 is 11.6 Å². The lowest BCUT2D eigenvalue weighted by atomic mass is 10.2. The van der Waals surface area contributed by atoms with E-state index in [2.05, 4.69) is 15.6 Å². The number of thiazole rings is 1. The standard InChI is InChI=1S/C17H12ClF2N3OS/c18-10-2-1-3-11(6-10)22-17-23-13(9-25-17)8-16(24)21-12-4-5-14(19)15(20)7-12/h1-7,9H,8H2,(H,21,24)(H,22,23). The van der Waals surface area contributed by atoms with Gasteiger partial charge in [0.05, 0.1) is 12.1 Å². The van der Waals surface area contributed by atoms with Gasteiger partial charge in [0, 0.05) is 27.8 Å². The summed E-state index contributed by atoms with van der Waals surface area (Å²) in [6.45, 7) is 0. The second kappa shape index (κ2) is 7.58. The highest BCUT2D eigenvalue weighted by atomic mass is 35.5. The Bertz CT molecular complexity index is 916. The van der Waals surface area contributed by atoms with Crippen molar-refractivity contribution in [3.63, 3.8) is 0 Å². The van der Waals surface area contributed by atoms with Gasteiger partial charge in [-0.05, 0) is 30.3 Å². The van der Waals surface area contributed by atoms with Gasteiger partial charge in [0.15, 0.2) is 16.8 Å². The largest absolute Gasteiger partial charge is 0.331 e. The molecule has 4 nitrogen and oxygen atoms in total. The average Bonchev–Trinajstić information content (AvgIpc) is 2.98. The Morgan fingerprint density at radius 3 is 2.72 bits per heavy atom. The first-order chi connectivity index (χ1) is 12.0. The van der Waals surface area contributed by atoms with Crippen molar-refractivity contribution in [1.82, 2.24) is 4.98 Å². The van der Waals surface area contributed by atoms with Gasteiger partial charge in [-0.3, -0.25) is 4.79 Å². The maximum atomic E-state index is 13.1. The molecular formula is C17H12ClF2N3OS. The van der Waals surface area contributed by atoms with E-state index in [1.807, 2.05) is 12.1 Å². The van der Waals surface area contributed by atoms with E-state index >= 15 is 0 Å². The SMILES string of the molecule is O=C(Cc1csc(Nc2cccc(Cl)c2)n1)Nc1ccc(F)c(F)c1. The minimum atomic E-state index is -1.01. The number of carbonyl (C=O) groups excluding carboxylic acids is 1. The van der Waals surface area contributed by atoms with Crippen molar-refractivity contribution in [3.05, 3.63) is 70.2 Å². The molecule has 0 saturated carbocycles. The van der Waals surface area contributed by atoms with Crippen LogP contribution in [0, 0.1) is 11.6 Å². The van der Waals surface area contributed by atoms with Crippen LogP contribution in [-0.2, 0) is 11.2 Å². The molecule has 0 aliphatic heterocycles. The fourth-order valence-corrected chi connectivity index (χ4v) is 3.00. The van der Waals surface area contributed by atoms with Crippen molar-refractivity contribution in [2.45, 2.75) is 6.42 Å². The molecule has 1 aromatic heterocycles. The predicted molar refractivity (Wildman–Crippen MR) is 95.5 cm³/mol. The van der Waals surface area contributed by atoms with Gasteiger partial charge in [0.1, 0.15) is 0 Å². The number of benzene rings is 2. The Kier molecular flexibility index (Phi) is 5.25. The lowest BCUT2D eigenvalue weighted by molar-refractivity contribution is -0.115. The molecule has 0 saturated heterocycles. The molecule has 128 valence electrons. The minimum Gasteiger partial charge on any atom is -0.331 e. The van der Waals surface area contributed by atoms with E-state index in [0.29, 0.717) is 15.8 Å². The van der Waals surface area contributed by atoms with Crippen LogP contribution in [0.5, 0.6) is 0 Å². The summed E-state index contributed by atoms with van der Waals surface area (Å²) >= 11 is 7.27. The minimum absolute atomic E-state index is 0.0206. The highest BCUT2D eigenvalue weighted by Crippen LogP contribution is 2.23. The molecule has 0 aliphatic rings. The average molecular weight is 380 g/mol. The smallest absolute Gasteiger partial charge is 0.230 e. The molecule has 1 amide bonds. The van der Waals surface area contributed by atoms with Gasteiger partial charge in [-0.15, -0.1) is 11.3 Å². The van der Waals surface area contributed by atoms with E-state index in [9.17, 15) is 13.6 Å². The van der Waals surface area contributed by atoms with Crippen molar-refractivity contribution >= 4 is 45.4 Å². The molecule has 0 unspecified atom stereocenters. The third-order valence-electron chi connectivity index (χ3n) is 3.17. The first-order valence-corrected chi connectivity index (χ1v) is 8.47. The summed E-state index contributed by atoms with van der Waals surface area (Å²) in [6.07, 6.45) is 0.0206. The summed E-state index contributed by atoms with van der Waals surface area (Å²) in [5.74, 6) is -2.35. The van der Waals surface area contributed by atoms with Crippen LogP contribution < -0.4 is 10.6 Å². The zero-order valence-electron chi connectivity index (χ0n) is 12.7. The zero-order valence-corrected chi connectivity index (χ0v) is 14.3. The van der Waals surface area contributed by atoms with Gasteiger partial charge in [0.25, 0.3) is 0 Å². The molecule has 0 aliphatic carbocycles. The predicted octanol–water partition coefficient (Wildman–Crippen LogP) is 5.00. The molecule has 3 aromatic rings. The number of rotatable bonds is 5. The Labute approximate surface area is 151 Å². The lowest BCUT2D eigenvalue weighted by Gasteiger charge is -2.04. The molecule has 2 aromatic carbocycles. The molecule has 8 heteroatoms. The van der Waals surface area contributed by atoms with Gasteiger partial charge >= 0.3 is 0 Å². The summed E-state index contributed by atoms with van der Waals surface area (Å²) < 4.78 is 26.0. The second-order valence-corrected chi connectivity index (χ2v) is 6.43. The maximum absolute atomic E-state index is 13.1.